The number of piperazine rings is 1. The molecule has 1 fully saturated rings. The molecule has 1 aliphatic heterocycles. The van der Waals surface area contributed by atoms with E-state index in [1.165, 1.54) is 45.6 Å². The summed E-state index contributed by atoms with van der Waals surface area (Å²) >= 11 is 0. The van der Waals surface area contributed by atoms with E-state index in [1.54, 1.807) is 0 Å². The van der Waals surface area contributed by atoms with Gasteiger partial charge < -0.3 is 4.90 Å². The standard InChI is InChI=1S/C20H18F3N3O3S/c21-20(22,23)17-3-1-2-16(12-17)13-19(27)25-8-10-26(11-9-25)30(28,29)18-6-4-15(14-24)5-7-18/h1-7,12H,8-11,13H2. The first-order valence-electron chi connectivity index (χ1n) is 9.05. The van der Waals surface area contributed by atoms with Crippen molar-refractivity contribution in [2.75, 3.05) is 26.2 Å². The lowest BCUT2D eigenvalue weighted by Gasteiger charge is -2.34. The third kappa shape index (κ3) is 4.80. The molecular weight excluding hydrogens is 419 g/mol. The fourth-order valence-electron chi connectivity index (χ4n) is 3.17. The van der Waals surface area contributed by atoms with E-state index in [9.17, 15) is 26.4 Å². The second-order valence-electron chi connectivity index (χ2n) is 6.80. The van der Waals surface area contributed by atoms with Crippen LogP contribution in [-0.4, -0.2) is 49.7 Å². The van der Waals surface area contributed by atoms with Crippen molar-refractivity contribution in [3.8, 4) is 6.07 Å². The number of hydrogen-bond donors (Lipinski definition) is 0. The van der Waals surface area contributed by atoms with Gasteiger partial charge in [-0.2, -0.15) is 22.7 Å². The number of sulfonamides is 1. The molecule has 10 heteroatoms. The molecule has 0 atom stereocenters. The Bertz CT molecular complexity index is 1070. The van der Waals surface area contributed by atoms with Crippen molar-refractivity contribution >= 4 is 15.9 Å². The summed E-state index contributed by atoms with van der Waals surface area (Å²) in [5.74, 6) is -0.357. The lowest BCUT2D eigenvalue weighted by atomic mass is 10.1. The van der Waals surface area contributed by atoms with Crippen LogP contribution in [0.1, 0.15) is 16.7 Å². The number of hydrogen-bond acceptors (Lipinski definition) is 4. The number of alkyl halides is 3. The number of rotatable bonds is 4. The number of nitrogens with zero attached hydrogens (tertiary/aromatic N) is 3. The molecule has 0 unspecified atom stereocenters. The first-order chi connectivity index (χ1) is 14.1. The Hall–Kier alpha value is -2.90. The van der Waals surface area contributed by atoms with E-state index in [2.05, 4.69) is 0 Å². The molecule has 2 aromatic rings. The molecule has 2 aromatic carbocycles. The van der Waals surface area contributed by atoms with Gasteiger partial charge in [0, 0.05) is 26.2 Å². The topological polar surface area (TPSA) is 81.5 Å². The number of carbonyl (C=O) groups is 1. The summed E-state index contributed by atoms with van der Waals surface area (Å²) in [5, 5.41) is 8.82. The maximum absolute atomic E-state index is 12.8. The average molecular weight is 437 g/mol. The van der Waals surface area contributed by atoms with E-state index in [4.69, 9.17) is 5.26 Å². The first kappa shape index (κ1) is 21.8. The molecule has 30 heavy (non-hydrogen) atoms. The molecule has 3 rings (SSSR count). The maximum atomic E-state index is 12.8. The summed E-state index contributed by atoms with van der Waals surface area (Å²) in [4.78, 5) is 14.0. The van der Waals surface area contributed by atoms with Crippen LogP contribution in [0.25, 0.3) is 0 Å². The number of carbonyl (C=O) groups excluding carboxylic acids is 1. The average Bonchev–Trinajstić information content (AvgIpc) is 2.73. The van der Waals surface area contributed by atoms with Crippen LogP contribution in [-0.2, 0) is 27.4 Å². The van der Waals surface area contributed by atoms with Crippen molar-refractivity contribution in [1.82, 2.24) is 9.21 Å². The Kier molecular flexibility index (Phi) is 6.14. The second kappa shape index (κ2) is 8.45. The first-order valence-corrected chi connectivity index (χ1v) is 10.5. The molecular formula is C20H18F3N3O3S. The number of nitriles is 1. The van der Waals surface area contributed by atoms with Crippen molar-refractivity contribution < 1.29 is 26.4 Å². The van der Waals surface area contributed by atoms with Crippen LogP contribution in [0.4, 0.5) is 13.2 Å². The number of amides is 1. The Balaban J connectivity index is 1.62. The van der Waals surface area contributed by atoms with Crippen LogP contribution < -0.4 is 0 Å². The molecule has 0 spiro atoms. The predicted octanol–water partition coefficient (Wildman–Crippen LogP) is 2.65. The summed E-state index contributed by atoms with van der Waals surface area (Å²) in [6, 6.07) is 12.1. The Morgan fingerprint density at radius 3 is 2.23 bits per heavy atom. The SMILES string of the molecule is N#Cc1ccc(S(=O)(=O)N2CCN(C(=O)Cc3cccc(C(F)(F)F)c3)CC2)cc1. The molecule has 1 aliphatic rings. The molecule has 1 heterocycles. The van der Waals surface area contributed by atoms with Crippen LogP contribution in [0.5, 0.6) is 0 Å². The van der Waals surface area contributed by atoms with Gasteiger partial charge in [-0.15, -0.1) is 0 Å². The normalized spacial score (nSPS) is 15.6. The molecule has 6 nitrogen and oxygen atoms in total. The summed E-state index contributed by atoms with van der Waals surface area (Å²) in [6.45, 7) is 0.452. The van der Waals surface area contributed by atoms with Crippen LogP contribution in [0.2, 0.25) is 0 Å². The van der Waals surface area contributed by atoms with E-state index >= 15 is 0 Å². The molecule has 1 amide bonds. The summed E-state index contributed by atoms with van der Waals surface area (Å²) in [6.07, 6.45) is -4.67. The van der Waals surface area contributed by atoms with Gasteiger partial charge in [-0.3, -0.25) is 4.79 Å². The molecule has 1 saturated heterocycles. The van der Waals surface area contributed by atoms with Gasteiger partial charge in [0.25, 0.3) is 0 Å². The molecule has 0 aromatic heterocycles. The summed E-state index contributed by atoms with van der Waals surface area (Å²) in [5.41, 5.74) is -0.215. The fraction of sp³-hybridized carbons (Fsp3) is 0.300. The lowest BCUT2D eigenvalue weighted by Crippen LogP contribution is -2.50. The highest BCUT2D eigenvalue weighted by atomic mass is 32.2. The molecule has 0 aliphatic carbocycles. The number of halogens is 3. The molecule has 158 valence electrons. The highest BCUT2D eigenvalue weighted by Crippen LogP contribution is 2.29. The predicted molar refractivity (Wildman–Crippen MR) is 102 cm³/mol. The van der Waals surface area contributed by atoms with Crippen LogP contribution in [0.3, 0.4) is 0 Å². The van der Waals surface area contributed by atoms with Crippen molar-refractivity contribution in [3.05, 3.63) is 65.2 Å². The third-order valence-electron chi connectivity index (χ3n) is 4.82. The maximum Gasteiger partial charge on any atom is 0.416 e. The quantitative estimate of drug-likeness (QED) is 0.737. The Labute approximate surface area is 172 Å². The zero-order valence-electron chi connectivity index (χ0n) is 15.8. The van der Waals surface area contributed by atoms with Gasteiger partial charge >= 0.3 is 6.18 Å². The van der Waals surface area contributed by atoms with Crippen molar-refractivity contribution in [3.63, 3.8) is 0 Å². The molecule has 0 N–H and O–H groups in total. The van der Waals surface area contributed by atoms with Crippen LogP contribution in [0.15, 0.2) is 53.4 Å². The van der Waals surface area contributed by atoms with Crippen molar-refractivity contribution in [2.24, 2.45) is 0 Å². The zero-order chi connectivity index (χ0) is 21.9. The van der Waals surface area contributed by atoms with Gasteiger partial charge in [0.1, 0.15) is 0 Å². The van der Waals surface area contributed by atoms with Crippen molar-refractivity contribution in [1.29, 1.82) is 5.26 Å². The lowest BCUT2D eigenvalue weighted by molar-refractivity contribution is -0.138. The minimum absolute atomic E-state index is 0.0604. The largest absolute Gasteiger partial charge is 0.416 e. The zero-order valence-corrected chi connectivity index (χ0v) is 16.6. The van der Waals surface area contributed by atoms with Crippen LogP contribution in [0, 0.1) is 11.3 Å². The molecule has 0 saturated carbocycles. The van der Waals surface area contributed by atoms with E-state index < -0.39 is 21.8 Å². The van der Waals surface area contributed by atoms with Gasteiger partial charge in [0.2, 0.25) is 15.9 Å². The van der Waals surface area contributed by atoms with E-state index in [0.717, 1.165) is 12.1 Å². The van der Waals surface area contributed by atoms with E-state index in [-0.39, 0.29) is 49.0 Å². The summed E-state index contributed by atoms with van der Waals surface area (Å²) in [7, 11) is -3.76. The van der Waals surface area contributed by atoms with Crippen molar-refractivity contribution in [2.45, 2.75) is 17.5 Å². The van der Waals surface area contributed by atoms with Gasteiger partial charge in [0.15, 0.2) is 0 Å². The third-order valence-corrected chi connectivity index (χ3v) is 6.74. The van der Waals surface area contributed by atoms with Gasteiger partial charge in [-0.05, 0) is 35.9 Å². The number of benzene rings is 2. The molecule has 0 bridgehead atoms. The monoisotopic (exact) mass is 437 g/mol. The van der Waals surface area contributed by atoms with E-state index in [0.29, 0.717) is 5.56 Å². The van der Waals surface area contributed by atoms with Gasteiger partial charge in [-0.25, -0.2) is 8.42 Å². The Morgan fingerprint density at radius 2 is 1.67 bits per heavy atom. The van der Waals surface area contributed by atoms with Crippen LogP contribution >= 0.6 is 0 Å². The smallest absolute Gasteiger partial charge is 0.340 e. The van der Waals surface area contributed by atoms with Gasteiger partial charge in [-0.1, -0.05) is 18.2 Å². The minimum Gasteiger partial charge on any atom is -0.340 e. The molecule has 0 radical (unpaired) electrons. The Morgan fingerprint density at radius 1 is 1.03 bits per heavy atom. The highest BCUT2D eigenvalue weighted by Gasteiger charge is 2.32. The van der Waals surface area contributed by atoms with Gasteiger partial charge in [0.05, 0.1) is 28.5 Å². The fourth-order valence-corrected chi connectivity index (χ4v) is 4.59. The summed E-state index contributed by atoms with van der Waals surface area (Å²) < 4.78 is 65.2. The highest BCUT2D eigenvalue weighted by molar-refractivity contribution is 7.89. The minimum atomic E-state index is -4.48. The second-order valence-corrected chi connectivity index (χ2v) is 8.73. The van der Waals surface area contributed by atoms with E-state index in [1.807, 2.05) is 6.07 Å².